The number of anilines is 1. The Kier molecular flexibility index (Phi) is 5.51. The third-order valence-electron chi connectivity index (χ3n) is 3.95. The summed E-state index contributed by atoms with van der Waals surface area (Å²) in [7, 11) is 0. The number of hydrogen-bond donors (Lipinski definition) is 1. The average Bonchev–Trinajstić information content (AvgIpc) is 2.93. The van der Waals surface area contributed by atoms with E-state index < -0.39 is 0 Å². The van der Waals surface area contributed by atoms with Crippen LogP contribution in [-0.4, -0.2) is 15.7 Å². The minimum Gasteiger partial charge on any atom is -0.309 e. The smallest absolute Gasteiger partial charge is 0.225 e. The van der Waals surface area contributed by atoms with Crippen molar-refractivity contribution in [1.29, 1.82) is 0 Å². The van der Waals surface area contributed by atoms with Gasteiger partial charge < -0.3 is 5.32 Å². The molecule has 1 N–H and O–H groups in total. The molecule has 0 atom stereocenters. The fraction of sp³-hybridized carbons (Fsp3) is 0.200. The zero-order chi connectivity index (χ0) is 17.6. The van der Waals surface area contributed by atoms with Gasteiger partial charge in [-0.2, -0.15) is 5.10 Å². The van der Waals surface area contributed by atoms with Crippen LogP contribution in [0.3, 0.4) is 0 Å². The Bertz CT molecular complexity index is 858. The molecule has 0 spiro atoms. The molecule has 5 heteroatoms. The lowest BCUT2D eigenvalue weighted by Crippen LogP contribution is -2.13. The third kappa shape index (κ3) is 4.94. The first kappa shape index (κ1) is 17.2. The summed E-state index contributed by atoms with van der Waals surface area (Å²) in [5, 5.41) is 8.05. The van der Waals surface area contributed by atoms with Crippen molar-refractivity contribution >= 4 is 23.3 Å². The Morgan fingerprint density at radius 3 is 2.60 bits per heavy atom. The van der Waals surface area contributed by atoms with Crippen molar-refractivity contribution in [3.63, 3.8) is 0 Å². The Labute approximate surface area is 152 Å². The molecule has 0 fully saturated rings. The van der Waals surface area contributed by atoms with Crippen molar-refractivity contribution in [2.45, 2.75) is 26.3 Å². The number of halogens is 1. The summed E-state index contributed by atoms with van der Waals surface area (Å²) >= 11 is 6.02. The molecule has 0 saturated heterocycles. The highest BCUT2D eigenvalue weighted by Crippen LogP contribution is 2.15. The maximum Gasteiger partial charge on any atom is 0.225 e. The maximum absolute atomic E-state index is 12.1. The monoisotopic (exact) mass is 353 g/mol. The van der Waals surface area contributed by atoms with Gasteiger partial charge in [0.1, 0.15) is 0 Å². The lowest BCUT2D eigenvalue weighted by molar-refractivity contribution is -0.116. The van der Waals surface area contributed by atoms with Gasteiger partial charge in [0.25, 0.3) is 0 Å². The summed E-state index contributed by atoms with van der Waals surface area (Å²) in [5.41, 5.74) is 3.21. The van der Waals surface area contributed by atoms with Gasteiger partial charge in [0.05, 0.1) is 6.54 Å². The number of nitrogens with zero attached hydrogens (tertiary/aromatic N) is 2. The lowest BCUT2D eigenvalue weighted by Gasteiger charge is -2.05. The number of aromatic nitrogens is 2. The van der Waals surface area contributed by atoms with Gasteiger partial charge in [-0.1, -0.05) is 54.1 Å². The SMILES string of the molecule is Cc1cc(NC(=O)CCc2ccccc2)nn1Cc1cccc(Cl)c1. The largest absolute Gasteiger partial charge is 0.309 e. The third-order valence-corrected chi connectivity index (χ3v) is 4.19. The van der Waals surface area contributed by atoms with Gasteiger partial charge in [0.2, 0.25) is 5.91 Å². The molecule has 0 unspecified atom stereocenters. The summed E-state index contributed by atoms with van der Waals surface area (Å²) < 4.78 is 1.86. The van der Waals surface area contributed by atoms with Gasteiger partial charge in [0.15, 0.2) is 5.82 Å². The van der Waals surface area contributed by atoms with Gasteiger partial charge >= 0.3 is 0 Å². The Morgan fingerprint density at radius 2 is 1.84 bits per heavy atom. The van der Waals surface area contributed by atoms with Crippen molar-refractivity contribution in [3.8, 4) is 0 Å². The predicted octanol–water partition coefficient (Wildman–Crippen LogP) is 4.46. The number of hydrogen-bond acceptors (Lipinski definition) is 2. The average molecular weight is 354 g/mol. The van der Waals surface area contributed by atoms with E-state index in [1.54, 1.807) is 0 Å². The van der Waals surface area contributed by atoms with Crippen molar-refractivity contribution in [2.24, 2.45) is 0 Å². The zero-order valence-electron chi connectivity index (χ0n) is 14.1. The van der Waals surface area contributed by atoms with Crippen LogP contribution in [0.5, 0.6) is 0 Å². The fourth-order valence-electron chi connectivity index (χ4n) is 2.65. The fourth-order valence-corrected chi connectivity index (χ4v) is 2.86. The molecule has 2 aromatic carbocycles. The quantitative estimate of drug-likeness (QED) is 0.711. The van der Waals surface area contributed by atoms with E-state index in [1.807, 2.05) is 72.3 Å². The molecule has 1 aromatic heterocycles. The number of nitrogens with one attached hydrogen (secondary N) is 1. The van der Waals surface area contributed by atoms with Crippen LogP contribution in [0.2, 0.25) is 5.02 Å². The lowest BCUT2D eigenvalue weighted by atomic mass is 10.1. The summed E-state index contributed by atoms with van der Waals surface area (Å²) in [6.45, 7) is 2.59. The molecular weight excluding hydrogens is 334 g/mol. The van der Waals surface area contributed by atoms with E-state index in [0.717, 1.165) is 23.2 Å². The summed E-state index contributed by atoms with van der Waals surface area (Å²) in [6, 6.07) is 19.6. The minimum absolute atomic E-state index is 0.0312. The van der Waals surface area contributed by atoms with Crippen molar-refractivity contribution in [3.05, 3.63) is 82.5 Å². The van der Waals surface area contributed by atoms with Crippen LogP contribution in [-0.2, 0) is 17.8 Å². The number of amides is 1. The van der Waals surface area contributed by atoms with Gasteiger partial charge in [-0.15, -0.1) is 0 Å². The first-order chi connectivity index (χ1) is 12.1. The van der Waals surface area contributed by atoms with E-state index in [9.17, 15) is 4.79 Å². The first-order valence-corrected chi connectivity index (χ1v) is 8.60. The highest BCUT2D eigenvalue weighted by Gasteiger charge is 2.09. The molecule has 0 aliphatic carbocycles. The maximum atomic E-state index is 12.1. The molecule has 1 heterocycles. The summed E-state index contributed by atoms with van der Waals surface area (Å²) in [4.78, 5) is 12.1. The summed E-state index contributed by atoms with van der Waals surface area (Å²) in [5.74, 6) is 0.550. The van der Waals surface area contributed by atoms with E-state index in [0.29, 0.717) is 23.8 Å². The Hall–Kier alpha value is -2.59. The van der Waals surface area contributed by atoms with Crippen LogP contribution in [0.4, 0.5) is 5.82 Å². The summed E-state index contributed by atoms with van der Waals surface area (Å²) in [6.07, 6.45) is 1.15. The molecule has 128 valence electrons. The number of rotatable bonds is 6. The highest BCUT2D eigenvalue weighted by molar-refractivity contribution is 6.30. The molecule has 3 aromatic rings. The molecule has 1 amide bonds. The molecule has 4 nitrogen and oxygen atoms in total. The van der Waals surface area contributed by atoms with Crippen LogP contribution >= 0.6 is 11.6 Å². The van der Waals surface area contributed by atoms with Crippen LogP contribution < -0.4 is 5.32 Å². The van der Waals surface area contributed by atoms with Crippen molar-refractivity contribution < 1.29 is 4.79 Å². The number of carbonyl (C=O) groups is 1. The van der Waals surface area contributed by atoms with Crippen LogP contribution in [0.1, 0.15) is 23.2 Å². The first-order valence-electron chi connectivity index (χ1n) is 8.23. The van der Waals surface area contributed by atoms with Gasteiger partial charge in [-0.05, 0) is 36.6 Å². The number of aryl methyl sites for hydroxylation is 2. The molecular formula is C20H20ClN3O. The van der Waals surface area contributed by atoms with Gasteiger partial charge in [-0.3, -0.25) is 9.48 Å². The molecule has 0 saturated carbocycles. The Morgan fingerprint density at radius 1 is 1.08 bits per heavy atom. The molecule has 3 rings (SSSR count). The number of benzene rings is 2. The highest BCUT2D eigenvalue weighted by atomic mass is 35.5. The normalized spacial score (nSPS) is 10.6. The molecule has 0 radical (unpaired) electrons. The Balaban J connectivity index is 1.59. The second-order valence-corrected chi connectivity index (χ2v) is 6.43. The van der Waals surface area contributed by atoms with E-state index >= 15 is 0 Å². The van der Waals surface area contributed by atoms with Crippen molar-refractivity contribution in [2.75, 3.05) is 5.32 Å². The van der Waals surface area contributed by atoms with E-state index in [2.05, 4.69) is 10.4 Å². The second-order valence-electron chi connectivity index (χ2n) is 5.99. The molecule has 0 bridgehead atoms. The molecule has 0 aliphatic rings. The molecule has 25 heavy (non-hydrogen) atoms. The zero-order valence-corrected chi connectivity index (χ0v) is 14.8. The van der Waals surface area contributed by atoms with Crippen LogP contribution in [0.15, 0.2) is 60.7 Å². The van der Waals surface area contributed by atoms with Crippen LogP contribution in [0, 0.1) is 6.92 Å². The van der Waals surface area contributed by atoms with E-state index in [1.165, 1.54) is 0 Å². The van der Waals surface area contributed by atoms with Gasteiger partial charge in [-0.25, -0.2) is 0 Å². The van der Waals surface area contributed by atoms with Crippen LogP contribution in [0.25, 0.3) is 0 Å². The van der Waals surface area contributed by atoms with Gasteiger partial charge in [0, 0.05) is 23.2 Å². The predicted molar refractivity (Wildman–Crippen MR) is 101 cm³/mol. The standard InChI is InChI=1S/C20H20ClN3O/c1-15-12-19(22-20(25)11-10-16-6-3-2-4-7-16)23-24(15)14-17-8-5-9-18(21)13-17/h2-9,12-13H,10-11,14H2,1H3,(H,22,23,25). The second kappa shape index (κ2) is 7.99. The molecule has 0 aliphatic heterocycles. The van der Waals surface area contributed by atoms with Crippen molar-refractivity contribution in [1.82, 2.24) is 9.78 Å². The minimum atomic E-state index is -0.0312. The van der Waals surface area contributed by atoms with E-state index in [-0.39, 0.29) is 5.91 Å². The topological polar surface area (TPSA) is 46.9 Å². The van der Waals surface area contributed by atoms with E-state index in [4.69, 9.17) is 11.6 Å². The number of carbonyl (C=O) groups excluding carboxylic acids is 1.